The van der Waals surface area contributed by atoms with Gasteiger partial charge in [-0.2, -0.15) is 0 Å². The van der Waals surface area contributed by atoms with Crippen molar-refractivity contribution in [1.29, 1.82) is 0 Å². The Hall–Kier alpha value is -2.30. The summed E-state index contributed by atoms with van der Waals surface area (Å²) in [4.78, 5) is 33.1. The Morgan fingerprint density at radius 1 is 1.21 bits per heavy atom. The highest BCUT2D eigenvalue weighted by Gasteiger charge is 2.51. The number of carbonyl (C=O) groups excluding carboxylic acids is 2. The third kappa shape index (κ3) is 3.21. The molecule has 28 heavy (non-hydrogen) atoms. The SMILES string of the molecule is C[C@@H]1N(C(=O)CCCc2c[nH]c3ccccc23)CCC[C@@]12CCCN(C)C2=O. The number of rotatable bonds is 4. The number of nitrogens with zero attached hydrogens (tertiary/aromatic N) is 2. The first-order chi connectivity index (χ1) is 13.5. The van der Waals surface area contributed by atoms with Crippen LogP contribution in [0, 0.1) is 5.41 Å². The van der Waals surface area contributed by atoms with Crippen LogP contribution in [0.5, 0.6) is 0 Å². The number of hydrogen-bond donors (Lipinski definition) is 1. The highest BCUT2D eigenvalue weighted by Crippen LogP contribution is 2.44. The summed E-state index contributed by atoms with van der Waals surface area (Å²) >= 11 is 0. The number of aromatic amines is 1. The molecule has 5 heteroatoms. The van der Waals surface area contributed by atoms with E-state index < -0.39 is 0 Å². The average Bonchev–Trinajstić information content (AvgIpc) is 3.11. The van der Waals surface area contributed by atoms with E-state index in [0.717, 1.165) is 57.1 Å². The maximum absolute atomic E-state index is 13.0. The Morgan fingerprint density at radius 2 is 1.96 bits per heavy atom. The molecule has 4 rings (SSSR count). The van der Waals surface area contributed by atoms with Crippen LogP contribution in [0.15, 0.2) is 30.5 Å². The van der Waals surface area contributed by atoms with Crippen molar-refractivity contribution in [2.45, 2.75) is 57.9 Å². The number of nitrogens with one attached hydrogen (secondary N) is 1. The van der Waals surface area contributed by atoms with Crippen LogP contribution in [-0.2, 0) is 16.0 Å². The number of piperidine rings is 2. The van der Waals surface area contributed by atoms with Crippen LogP contribution in [0.2, 0.25) is 0 Å². The van der Waals surface area contributed by atoms with E-state index >= 15 is 0 Å². The molecule has 0 bridgehead atoms. The summed E-state index contributed by atoms with van der Waals surface area (Å²) in [6, 6.07) is 8.29. The lowest BCUT2D eigenvalue weighted by Crippen LogP contribution is -2.61. The second kappa shape index (κ2) is 7.61. The van der Waals surface area contributed by atoms with Gasteiger partial charge < -0.3 is 14.8 Å². The Balaban J connectivity index is 1.39. The summed E-state index contributed by atoms with van der Waals surface area (Å²) < 4.78 is 0. The molecule has 2 atom stereocenters. The molecule has 1 aromatic heterocycles. The number of aromatic nitrogens is 1. The Morgan fingerprint density at radius 3 is 2.79 bits per heavy atom. The molecule has 2 aromatic rings. The number of H-pyrrole nitrogens is 1. The maximum atomic E-state index is 13.0. The molecular weight excluding hydrogens is 350 g/mol. The monoisotopic (exact) mass is 381 g/mol. The van der Waals surface area contributed by atoms with Crippen LogP contribution in [0.4, 0.5) is 0 Å². The molecule has 0 unspecified atom stereocenters. The highest BCUT2D eigenvalue weighted by molar-refractivity contribution is 5.86. The predicted octanol–water partition coefficient (Wildman–Crippen LogP) is 3.74. The third-order valence-corrected chi connectivity index (χ3v) is 7.01. The lowest BCUT2D eigenvalue weighted by Gasteiger charge is -2.51. The number of carbonyl (C=O) groups is 2. The van der Waals surface area contributed by atoms with Crippen LogP contribution in [-0.4, -0.2) is 52.8 Å². The molecule has 2 saturated heterocycles. The van der Waals surface area contributed by atoms with Crippen LogP contribution < -0.4 is 0 Å². The zero-order valence-corrected chi connectivity index (χ0v) is 17.0. The molecule has 0 saturated carbocycles. The van der Waals surface area contributed by atoms with E-state index in [1.165, 1.54) is 10.9 Å². The van der Waals surface area contributed by atoms with Gasteiger partial charge in [-0.25, -0.2) is 0 Å². The van der Waals surface area contributed by atoms with Crippen LogP contribution in [0.25, 0.3) is 10.9 Å². The van der Waals surface area contributed by atoms with Gasteiger partial charge in [0.05, 0.1) is 5.41 Å². The van der Waals surface area contributed by atoms with Gasteiger partial charge in [-0.05, 0) is 57.1 Å². The summed E-state index contributed by atoms with van der Waals surface area (Å²) in [7, 11) is 1.90. The van der Waals surface area contributed by atoms with E-state index in [4.69, 9.17) is 0 Å². The fourth-order valence-electron chi connectivity index (χ4n) is 5.36. The minimum Gasteiger partial charge on any atom is -0.361 e. The lowest BCUT2D eigenvalue weighted by molar-refractivity contribution is -0.158. The first-order valence-corrected chi connectivity index (χ1v) is 10.6. The minimum atomic E-state index is -0.363. The van der Waals surface area contributed by atoms with E-state index in [9.17, 15) is 9.59 Å². The quantitative estimate of drug-likeness (QED) is 0.877. The first kappa shape index (κ1) is 19.0. The number of amides is 2. The predicted molar refractivity (Wildman–Crippen MR) is 111 cm³/mol. The van der Waals surface area contributed by atoms with Gasteiger partial charge in [0.15, 0.2) is 0 Å². The number of aryl methyl sites for hydroxylation is 1. The van der Waals surface area contributed by atoms with Gasteiger partial charge in [0, 0.05) is 49.7 Å². The summed E-state index contributed by atoms with van der Waals surface area (Å²) in [6.45, 7) is 3.71. The normalized spacial score (nSPS) is 25.6. The van der Waals surface area contributed by atoms with Crippen LogP contribution >= 0.6 is 0 Å². The van der Waals surface area contributed by atoms with Gasteiger partial charge >= 0.3 is 0 Å². The molecule has 3 heterocycles. The summed E-state index contributed by atoms with van der Waals surface area (Å²) in [5.41, 5.74) is 2.06. The summed E-state index contributed by atoms with van der Waals surface area (Å²) in [5, 5.41) is 1.25. The van der Waals surface area contributed by atoms with Crippen LogP contribution in [0.3, 0.4) is 0 Å². The zero-order valence-electron chi connectivity index (χ0n) is 17.0. The number of benzene rings is 1. The second-order valence-corrected chi connectivity index (χ2v) is 8.57. The van der Waals surface area contributed by atoms with Gasteiger partial charge in [0.1, 0.15) is 0 Å². The van der Waals surface area contributed by atoms with Crippen molar-refractivity contribution >= 4 is 22.7 Å². The van der Waals surface area contributed by atoms with E-state index in [1.807, 2.05) is 22.9 Å². The van der Waals surface area contributed by atoms with Crippen LogP contribution in [0.1, 0.15) is 51.0 Å². The highest BCUT2D eigenvalue weighted by atomic mass is 16.2. The number of fused-ring (bicyclic) bond motifs is 1. The summed E-state index contributed by atoms with van der Waals surface area (Å²) in [5.74, 6) is 0.440. The van der Waals surface area contributed by atoms with Gasteiger partial charge in [-0.3, -0.25) is 9.59 Å². The van der Waals surface area contributed by atoms with Crippen molar-refractivity contribution < 1.29 is 9.59 Å². The van der Waals surface area contributed by atoms with Gasteiger partial charge in [-0.1, -0.05) is 18.2 Å². The molecule has 150 valence electrons. The fourth-order valence-corrected chi connectivity index (χ4v) is 5.36. The number of para-hydroxylation sites is 1. The molecule has 1 N–H and O–H groups in total. The molecule has 2 aliphatic heterocycles. The Bertz CT molecular complexity index is 870. The molecule has 5 nitrogen and oxygen atoms in total. The maximum Gasteiger partial charge on any atom is 0.230 e. The van der Waals surface area contributed by atoms with E-state index in [0.29, 0.717) is 6.42 Å². The smallest absolute Gasteiger partial charge is 0.230 e. The van der Waals surface area contributed by atoms with Crippen molar-refractivity contribution in [3.8, 4) is 0 Å². The standard InChI is InChI=1S/C23H31N3O2/c1-17-23(12-6-14-25(2)22(23)28)13-7-15-26(17)21(27)11-5-8-18-16-24-20-10-4-3-9-19(18)20/h3-4,9-10,16-17,24H,5-8,11-15H2,1-2H3/t17-,23-/m0/s1. The molecule has 2 amide bonds. The Kier molecular flexibility index (Phi) is 5.17. The number of likely N-dealkylation sites (tertiary alicyclic amines) is 2. The minimum absolute atomic E-state index is 0.00270. The van der Waals surface area contributed by atoms with E-state index in [1.54, 1.807) is 0 Å². The molecule has 1 aromatic carbocycles. The van der Waals surface area contributed by atoms with Crippen molar-refractivity contribution in [3.05, 3.63) is 36.0 Å². The Labute approximate surface area is 167 Å². The van der Waals surface area contributed by atoms with E-state index in [2.05, 4.69) is 36.3 Å². The molecule has 0 radical (unpaired) electrons. The molecular formula is C23H31N3O2. The van der Waals surface area contributed by atoms with Gasteiger partial charge in [-0.15, -0.1) is 0 Å². The fraction of sp³-hybridized carbons (Fsp3) is 0.565. The summed E-state index contributed by atoms with van der Waals surface area (Å²) in [6.07, 6.45) is 8.13. The molecule has 2 aliphatic rings. The average molecular weight is 382 g/mol. The largest absolute Gasteiger partial charge is 0.361 e. The van der Waals surface area contributed by atoms with E-state index in [-0.39, 0.29) is 23.3 Å². The van der Waals surface area contributed by atoms with Crippen molar-refractivity contribution in [1.82, 2.24) is 14.8 Å². The molecule has 1 spiro atoms. The lowest BCUT2D eigenvalue weighted by atomic mass is 9.68. The van der Waals surface area contributed by atoms with Crippen molar-refractivity contribution in [2.24, 2.45) is 5.41 Å². The topological polar surface area (TPSA) is 56.4 Å². The molecule has 0 aliphatic carbocycles. The first-order valence-electron chi connectivity index (χ1n) is 10.6. The third-order valence-electron chi connectivity index (χ3n) is 7.01. The number of hydrogen-bond acceptors (Lipinski definition) is 2. The van der Waals surface area contributed by atoms with Crippen molar-refractivity contribution in [3.63, 3.8) is 0 Å². The second-order valence-electron chi connectivity index (χ2n) is 8.57. The molecule has 2 fully saturated rings. The zero-order chi connectivity index (χ0) is 19.7. The van der Waals surface area contributed by atoms with Gasteiger partial charge in [0.2, 0.25) is 11.8 Å². The van der Waals surface area contributed by atoms with Gasteiger partial charge in [0.25, 0.3) is 0 Å². The van der Waals surface area contributed by atoms with Crippen molar-refractivity contribution in [2.75, 3.05) is 20.1 Å².